The van der Waals surface area contributed by atoms with Gasteiger partial charge in [0.1, 0.15) is 5.01 Å². The summed E-state index contributed by atoms with van der Waals surface area (Å²) in [5.41, 5.74) is 0.940. The summed E-state index contributed by atoms with van der Waals surface area (Å²) in [5, 5.41) is 13.7. The Morgan fingerprint density at radius 3 is 3.08 bits per heavy atom. The predicted molar refractivity (Wildman–Crippen MR) is 50.7 cm³/mol. The molecule has 0 aliphatic carbocycles. The Hall–Kier alpha value is -0.940. The lowest BCUT2D eigenvalue weighted by Gasteiger charge is -1.99. The molecule has 0 aromatic carbocycles. The third-order valence-electron chi connectivity index (χ3n) is 1.41. The number of aliphatic hydroxyl groups is 1. The second-order valence-electron chi connectivity index (χ2n) is 2.63. The number of carbonyl (C=O) groups is 1. The molecule has 0 saturated carbocycles. The van der Waals surface area contributed by atoms with Crippen LogP contribution in [-0.4, -0.2) is 29.1 Å². The Morgan fingerprint density at radius 2 is 2.54 bits per heavy atom. The van der Waals surface area contributed by atoms with Gasteiger partial charge in [-0.2, -0.15) is 0 Å². The summed E-state index contributed by atoms with van der Waals surface area (Å²) >= 11 is 1.48. The van der Waals surface area contributed by atoms with Gasteiger partial charge >= 0.3 is 0 Å². The molecule has 2 N–H and O–H groups in total. The summed E-state index contributed by atoms with van der Waals surface area (Å²) in [4.78, 5) is 15.3. The Bertz CT molecular complexity index is 285. The molecule has 5 heteroatoms. The first-order chi connectivity index (χ1) is 6.22. The highest BCUT2D eigenvalue weighted by Crippen LogP contribution is 2.08. The molecule has 0 radical (unpaired) electrons. The van der Waals surface area contributed by atoms with Crippen LogP contribution in [0.5, 0.6) is 0 Å². The minimum Gasteiger partial charge on any atom is -0.395 e. The molecule has 0 aliphatic heterocycles. The number of hydrogen-bond donors (Lipinski definition) is 2. The highest BCUT2D eigenvalue weighted by Gasteiger charge is 2.05. The first-order valence-corrected chi connectivity index (χ1v) is 4.89. The minimum atomic E-state index is -0.0941. The van der Waals surface area contributed by atoms with E-state index in [1.807, 2.05) is 12.3 Å². The molecule has 0 atom stereocenters. The van der Waals surface area contributed by atoms with E-state index in [4.69, 9.17) is 5.11 Å². The van der Waals surface area contributed by atoms with E-state index >= 15 is 0 Å². The van der Waals surface area contributed by atoms with E-state index < -0.39 is 0 Å². The van der Waals surface area contributed by atoms with Crippen molar-refractivity contribution in [2.75, 3.05) is 13.2 Å². The molecule has 0 spiro atoms. The van der Waals surface area contributed by atoms with Crippen LogP contribution in [0.3, 0.4) is 0 Å². The fourth-order valence-electron chi connectivity index (χ4n) is 0.879. The zero-order chi connectivity index (χ0) is 9.68. The molecule has 0 bridgehead atoms. The van der Waals surface area contributed by atoms with Crippen LogP contribution in [0, 0.1) is 6.92 Å². The number of nitrogens with zero attached hydrogens (tertiary/aromatic N) is 1. The maximum Gasteiger partial charge on any atom is 0.226 e. The summed E-state index contributed by atoms with van der Waals surface area (Å²) in [7, 11) is 0. The summed E-state index contributed by atoms with van der Waals surface area (Å²) < 4.78 is 0. The minimum absolute atomic E-state index is 0.0252. The van der Waals surface area contributed by atoms with Gasteiger partial charge in [-0.25, -0.2) is 4.98 Å². The number of aryl methyl sites for hydroxylation is 1. The third kappa shape index (κ3) is 3.52. The molecule has 1 heterocycles. The molecule has 0 unspecified atom stereocenters. The monoisotopic (exact) mass is 200 g/mol. The Labute approximate surface area is 80.6 Å². The third-order valence-corrected chi connectivity index (χ3v) is 2.38. The number of rotatable bonds is 4. The van der Waals surface area contributed by atoms with Crippen LogP contribution in [0.15, 0.2) is 5.38 Å². The molecule has 4 nitrogen and oxygen atoms in total. The molecular weight excluding hydrogens is 188 g/mol. The zero-order valence-corrected chi connectivity index (χ0v) is 8.23. The van der Waals surface area contributed by atoms with Gasteiger partial charge in [0.2, 0.25) is 5.91 Å². The molecule has 1 amide bonds. The summed E-state index contributed by atoms with van der Waals surface area (Å²) in [5.74, 6) is -0.0941. The fourth-order valence-corrected chi connectivity index (χ4v) is 1.65. The number of carbonyl (C=O) groups excluding carboxylic acids is 1. The number of amides is 1. The van der Waals surface area contributed by atoms with E-state index in [-0.39, 0.29) is 12.5 Å². The second kappa shape index (κ2) is 4.94. The number of aromatic nitrogens is 1. The fraction of sp³-hybridized carbons (Fsp3) is 0.500. The van der Waals surface area contributed by atoms with Crippen molar-refractivity contribution in [2.45, 2.75) is 13.3 Å². The topological polar surface area (TPSA) is 62.2 Å². The average molecular weight is 200 g/mol. The first-order valence-electron chi connectivity index (χ1n) is 4.01. The van der Waals surface area contributed by atoms with Crippen LogP contribution in [0.4, 0.5) is 0 Å². The Morgan fingerprint density at radius 1 is 1.77 bits per heavy atom. The average Bonchev–Trinajstić information content (AvgIpc) is 2.48. The standard InChI is InChI=1S/C8H12N2O2S/c1-6-5-13-8(10-6)4-7(12)9-2-3-11/h5,11H,2-4H2,1H3,(H,9,12). The number of thiazole rings is 1. The van der Waals surface area contributed by atoms with Crippen LogP contribution in [0.2, 0.25) is 0 Å². The molecule has 72 valence electrons. The SMILES string of the molecule is Cc1csc(CC(=O)NCCO)n1. The van der Waals surface area contributed by atoms with E-state index in [1.165, 1.54) is 11.3 Å². The van der Waals surface area contributed by atoms with Crippen molar-refractivity contribution in [3.05, 3.63) is 16.1 Å². The van der Waals surface area contributed by atoms with Gasteiger partial charge in [-0.05, 0) is 6.92 Å². The molecule has 0 fully saturated rings. The lowest BCUT2D eigenvalue weighted by molar-refractivity contribution is -0.120. The zero-order valence-electron chi connectivity index (χ0n) is 7.41. The smallest absolute Gasteiger partial charge is 0.226 e. The van der Waals surface area contributed by atoms with Crippen LogP contribution < -0.4 is 5.32 Å². The van der Waals surface area contributed by atoms with Crippen molar-refractivity contribution in [3.8, 4) is 0 Å². The number of hydrogen-bond acceptors (Lipinski definition) is 4. The summed E-state index contributed by atoms with van der Waals surface area (Å²) in [6, 6.07) is 0. The van der Waals surface area contributed by atoms with Gasteiger partial charge in [0.05, 0.1) is 13.0 Å². The second-order valence-corrected chi connectivity index (χ2v) is 3.58. The van der Waals surface area contributed by atoms with Crippen LogP contribution >= 0.6 is 11.3 Å². The number of aliphatic hydroxyl groups excluding tert-OH is 1. The lowest BCUT2D eigenvalue weighted by Crippen LogP contribution is -2.27. The molecule has 0 aliphatic rings. The summed E-state index contributed by atoms with van der Waals surface area (Å²) in [6.45, 7) is 2.18. The van der Waals surface area contributed by atoms with Crippen LogP contribution in [0.1, 0.15) is 10.7 Å². The van der Waals surface area contributed by atoms with Gasteiger partial charge in [-0.3, -0.25) is 4.79 Å². The van der Waals surface area contributed by atoms with E-state index in [0.29, 0.717) is 13.0 Å². The maximum atomic E-state index is 11.1. The Kier molecular flexibility index (Phi) is 3.85. The van der Waals surface area contributed by atoms with Gasteiger partial charge in [0.25, 0.3) is 0 Å². The quantitative estimate of drug-likeness (QED) is 0.724. The van der Waals surface area contributed by atoms with E-state index in [9.17, 15) is 4.79 Å². The maximum absolute atomic E-state index is 11.1. The van der Waals surface area contributed by atoms with Gasteiger partial charge in [0.15, 0.2) is 0 Å². The van der Waals surface area contributed by atoms with Crippen molar-refractivity contribution in [1.82, 2.24) is 10.3 Å². The van der Waals surface area contributed by atoms with Gasteiger partial charge < -0.3 is 10.4 Å². The van der Waals surface area contributed by atoms with Gasteiger partial charge in [-0.1, -0.05) is 0 Å². The summed E-state index contributed by atoms with van der Waals surface area (Å²) in [6.07, 6.45) is 0.304. The van der Waals surface area contributed by atoms with E-state index in [2.05, 4.69) is 10.3 Å². The normalized spacial score (nSPS) is 10.0. The van der Waals surface area contributed by atoms with Crippen LogP contribution in [-0.2, 0) is 11.2 Å². The highest BCUT2D eigenvalue weighted by atomic mass is 32.1. The molecule has 1 aromatic heterocycles. The van der Waals surface area contributed by atoms with Crippen molar-refractivity contribution in [2.24, 2.45) is 0 Å². The van der Waals surface area contributed by atoms with Crippen molar-refractivity contribution >= 4 is 17.2 Å². The molecule has 1 rings (SSSR count). The van der Waals surface area contributed by atoms with Crippen molar-refractivity contribution in [3.63, 3.8) is 0 Å². The first kappa shape index (κ1) is 10.1. The van der Waals surface area contributed by atoms with Crippen LogP contribution in [0.25, 0.3) is 0 Å². The predicted octanol–water partition coefficient (Wildman–Crippen LogP) is 0.103. The Balaban J connectivity index is 2.36. The van der Waals surface area contributed by atoms with Gasteiger partial charge in [0, 0.05) is 17.6 Å². The number of nitrogens with one attached hydrogen (secondary N) is 1. The van der Waals surface area contributed by atoms with Gasteiger partial charge in [-0.15, -0.1) is 11.3 Å². The highest BCUT2D eigenvalue weighted by molar-refractivity contribution is 7.09. The molecule has 1 aromatic rings. The molecule has 0 saturated heterocycles. The van der Waals surface area contributed by atoms with Crippen molar-refractivity contribution in [1.29, 1.82) is 0 Å². The molecule has 13 heavy (non-hydrogen) atoms. The van der Waals surface area contributed by atoms with E-state index in [1.54, 1.807) is 0 Å². The largest absolute Gasteiger partial charge is 0.395 e. The molecular formula is C8H12N2O2S. The van der Waals surface area contributed by atoms with Crippen molar-refractivity contribution < 1.29 is 9.90 Å². The van der Waals surface area contributed by atoms with E-state index in [0.717, 1.165) is 10.7 Å². The lowest BCUT2D eigenvalue weighted by atomic mass is 10.4.